The zero-order valence-corrected chi connectivity index (χ0v) is 10.9. The maximum atomic E-state index is 13.9. The lowest BCUT2D eigenvalue weighted by Gasteiger charge is -2.21. The summed E-state index contributed by atoms with van der Waals surface area (Å²) in [7, 11) is 0. The third-order valence-corrected chi connectivity index (χ3v) is 3.93. The Morgan fingerprint density at radius 3 is 2.32 bits per heavy atom. The number of hydrogen-bond acceptors (Lipinski definition) is 1. The van der Waals surface area contributed by atoms with Gasteiger partial charge < -0.3 is 5.73 Å². The number of hydrogen-bond donors (Lipinski definition) is 1. The van der Waals surface area contributed by atoms with E-state index in [1.54, 1.807) is 0 Å². The van der Waals surface area contributed by atoms with E-state index in [-0.39, 0.29) is 11.5 Å². The zero-order chi connectivity index (χ0) is 14.2. The molecule has 0 amide bonds. The molecule has 1 atom stereocenters. The van der Waals surface area contributed by atoms with Gasteiger partial charge in [-0.25, -0.2) is 4.39 Å². The summed E-state index contributed by atoms with van der Waals surface area (Å²) in [5.41, 5.74) is 4.83. The predicted octanol–water partition coefficient (Wildman–Crippen LogP) is 4.69. The van der Waals surface area contributed by atoms with Gasteiger partial charge in [0.2, 0.25) is 0 Å². The molecule has 1 saturated carbocycles. The minimum atomic E-state index is -4.55. The molecule has 0 radical (unpaired) electrons. The van der Waals surface area contributed by atoms with E-state index in [0.29, 0.717) is 6.07 Å². The van der Waals surface area contributed by atoms with Crippen LogP contribution in [-0.2, 0) is 6.18 Å². The summed E-state index contributed by atoms with van der Waals surface area (Å²) in [5.74, 6) is -0.817. The van der Waals surface area contributed by atoms with Crippen molar-refractivity contribution in [3.8, 4) is 0 Å². The molecule has 1 fully saturated rings. The monoisotopic (exact) mass is 295 g/mol. The van der Waals surface area contributed by atoms with Crippen LogP contribution >= 0.6 is 11.6 Å². The highest BCUT2D eigenvalue weighted by Crippen LogP contribution is 2.39. The van der Waals surface area contributed by atoms with Gasteiger partial charge in [0.05, 0.1) is 10.6 Å². The zero-order valence-electron chi connectivity index (χ0n) is 10.1. The van der Waals surface area contributed by atoms with Crippen molar-refractivity contribution in [2.24, 2.45) is 11.7 Å². The highest BCUT2D eigenvalue weighted by Gasteiger charge is 2.34. The number of rotatable bonds is 2. The number of nitrogens with two attached hydrogens (primary N) is 1. The van der Waals surface area contributed by atoms with Crippen LogP contribution < -0.4 is 5.73 Å². The molecule has 1 nitrogen and oxygen atoms in total. The van der Waals surface area contributed by atoms with Gasteiger partial charge in [0.25, 0.3) is 0 Å². The van der Waals surface area contributed by atoms with Crippen LogP contribution in [0.25, 0.3) is 0 Å². The Balaban J connectivity index is 2.40. The molecule has 106 valence electrons. The molecule has 1 aromatic carbocycles. The van der Waals surface area contributed by atoms with Crippen LogP contribution in [0.3, 0.4) is 0 Å². The Bertz CT molecular complexity index is 466. The van der Waals surface area contributed by atoms with Crippen molar-refractivity contribution >= 4 is 11.6 Å². The lowest BCUT2D eigenvalue weighted by atomic mass is 9.91. The predicted molar refractivity (Wildman–Crippen MR) is 65.3 cm³/mol. The van der Waals surface area contributed by atoms with Gasteiger partial charge >= 0.3 is 6.18 Å². The third-order valence-electron chi connectivity index (χ3n) is 3.65. The Morgan fingerprint density at radius 2 is 1.79 bits per heavy atom. The first-order valence-corrected chi connectivity index (χ1v) is 6.50. The van der Waals surface area contributed by atoms with E-state index in [4.69, 9.17) is 17.3 Å². The molecule has 6 heteroatoms. The Kier molecular flexibility index (Phi) is 4.06. The molecule has 1 aliphatic rings. The van der Waals surface area contributed by atoms with Crippen molar-refractivity contribution in [3.63, 3.8) is 0 Å². The maximum Gasteiger partial charge on any atom is 0.416 e. The summed E-state index contributed by atoms with van der Waals surface area (Å²) in [5, 5.41) is -0.529. The molecule has 0 aromatic heterocycles. The maximum absolute atomic E-state index is 13.9. The van der Waals surface area contributed by atoms with Gasteiger partial charge in [0, 0.05) is 11.6 Å². The highest BCUT2D eigenvalue weighted by molar-refractivity contribution is 6.30. The van der Waals surface area contributed by atoms with Gasteiger partial charge in [-0.15, -0.1) is 0 Å². The second-order valence-electron chi connectivity index (χ2n) is 4.93. The quantitative estimate of drug-likeness (QED) is 0.787. The minimum Gasteiger partial charge on any atom is -0.324 e. The molecular formula is C13H14ClF4N. The molecule has 0 saturated heterocycles. The second-order valence-corrected chi connectivity index (χ2v) is 5.34. The topological polar surface area (TPSA) is 26.0 Å². The fourth-order valence-electron chi connectivity index (χ4n) is 2.59. The van der Waals surface area contributed by atoms with Crippen LogP contribution in [-0.4, -0.2) is 0 Å². The van der Waals surface area contributed by atoms with Crippen molar-refractivity contribution in [1.82, 2.24) is 0 Å². The number of halogens is 5. The first-order chi connectivity index (χ1) is 8.80. The van der Waals surface area contributed by atoms with E-state index in [0.717, 1.165) is 31.7 Å². The minimum absolute atomic E-state index is 0.0223. The van der Waals surface area contributed by atoms with Gasteiger partial charge in [-0.2, -0.15) is 13.2 Å². The van der Waals surface area contributed by atoms with Crippen molar-refractivity contribution in [1.29, 1.82) is 0 Å². The second kappa shape index (κ2) is 5.29. The van der Waals surface area contributed by atoms with Crippen molar-refractivity contribution in [2.45, 2.75) is 37.9 Å². The summed E-state index contributed by atoms with van der Waals surface area (Å²) in [6, 6.07) is 0.647. The molecule has 2 N–H and O–H groups in total. The smallest absolute Gasteiger partial charge is 0.324 e. The van der Waals surface area contributed by atoms with Crippen LogP contribution in [0.5, 0.6) is 0 Å². The molecule has 0 spiro atoms. The molecule has 0 aliphatic heterocycles. The largest absolute Gasteiger partial charge is 0.416 e. The molecule has 2 rings (SSSR count). The highest BCUT2D eigenvalue weighted by atomic mass is 35.5. The average Bonchev–Trinajstić information content (AvgIpc) is 2.83. The third kappa shape index (κ3) is 3.03. The first-order valence-electron chi connectivity index (χ1n) is 6.12. The molecule has 0 bridgehead atoms. The molecular weight excluding hydrogens is 282 g/mol. The van der Waals surface area contributed by atoms with Crippen LogP contribution in [0.1, 0.15) is 42.9 Å². The Morgan fingerprint density at radius 1 is 1.21 bits per heavy atom. The van der Waals surface area contributed by atoms with Crippen molar-refractivity contribution in [3.05, 3.63) is 34.1 Å². The number of benzene rings is 1. The fraction of sp³-hybridized carbons (Fsp3) is 0.538. The van der Waals surface area contributed by atoms with Crippen LogP contribution in [0.15, 0.2) is 12.1 Å². The van der Waals surface area contributed by atoms with Gasteiger partial charge in [0.1, 0.15) is 5.82 Å². The standard InChI is InChI=1S/C13H14ClF4N/c14-10-6-8(13(16,17)18)5-9(11(10)15)12(19)7-3-1-2-4-7/h5-7,12H,1-4,19H2/t12-/m1/s1. The van der Waals surface area contributed by atoms with Crippen LogP contribution in [0.2, 0.25) is 5.02 Å². The first kappa shape index (κ1) is 14.6. The van der Waals surface area contributed by atoms with Crippen LogP contribution in [0, 0.1) is 11.7 Å². The van der Waals surface area contributed by atoms with E-state index in [9.17, 15) is 17.6 Å². The van der Waals surface area contributed by atoms with E-state index >= 15 is 0 Å². The van der Waals surface area contributed by atoms with Crippen molar-refractivity contribution in [2.75, 3.05) is 0 Å². The van der Waals surface area contributed by atoms with Crippen molar-refractivity contribution < 1.29 is 17.6 Å². The van der Waals surface area contributed by atoms with E-state index in [2.05, 4.69) is 0 Å². The summed E-state index contributed by atoms with van der Waals surface area (Å²) >= 11 is 5.55. The molecule has 1 aliphatic carbocycles. The Hall–Kier alpha value is -0.810. The van der Waals surface area contributed by atoms with Gasteiger partial charge in [0.15, 0.2) is 0 Å². The molecule has 0 unspecified atom stereocenters. The normalized spacial score (nSPS) is 18.8. The SMILES string of the molecule is N[C@@H](c1cc(C(F)(F)F)cc(Cl)c1F)C1CCCC1. The Labute approximate surface area is 113 Å². The molecule has 0 heterocycles. The van der Waals surface area contributed by atoms with E-state index in [1.165, 1.54) is 0 Å². The molecule has 1 aromatic rings. The molecule has 19 heavy (non-hydrogen) atoms. The van der Waals surface area contributed by atoms with E-state index in [1.807, 2.05) is 0 Å². The van der Waals surface area contributed by atoms with E-state index < -0.39 is 28.6 Å². The summed E-state index contributed by atoms with van der Waals surface area (Å²) < 4.78 is 52.0. The van der Waals surface area contributed by atoms with Gasteiger partial charge in [-0.05, 0) is 30.9 Å². The lowest BCUT2D eigenvalue weighted by molar-refractivity contribution is -0.137. The lowest BCUT2D eigenvalue weighted by Crippen LogP contribution is -2.21. The van der Waals surface area contributed by atoms with Crippen LogP contribution in [0.4, 0.5) is 17.6 Å². The average molecular weight is 296 g/mol. The van der Waals surface area contributed by atoms with Gasteiger partial charge in [-0.1, -0.05) is 24.4 Å². The summed E-state index contributed by atoms with van der Waals surface area (Å²) in [6.45, 7) is 0. The number of alkyl halides is 3. The fourth-order valence-corrected chi connectivity index (χ4v) is 2.81. The van der Waals surface area contributed by atoms with Gasteiger partial charge in [-0.3, -0.25) is 0 Å². The summed E-state index contributed by atoms with van der Waals surface area (Å²) in [6.07, 6.45) is -0.968. The summed E-state index contributed by atoms with van der Waals surface area (Å²) in [4.78, 5) is 0.